The van der Waals surface area contributed by atoms with E-state index in [9.17, 15) is 4.79 Å². The molecule has 1 aromatic rings. The first-order valence-corrected chi connectivity index (χ1v) is 5.55. The molecule has 2 rings (SSSR count). The van der Waals surface area contributed by atoms with E-state index < -0.39 is 5.97 Å². The first-order valence-electron chi connectivity index (χ1n) is 5.55. The second-order valence-corrected chi connectivity index (χ2v) is 4.02. The van der Waals surface area contributed by atoms with Crippen LogP contribution in [0, 0.1) is 6.92 Å². The van der Waals surface area contributed by atoms with Crippen molar-refractivity contribution in [1.82, 2.24) is 0 Å². The molecular formula is C15H13NO2. The Bertz CT molecular complexity index is 607. The molecule has 0 saturated heterocycles. The zero-order valence-corrected chi connectivity index (χ0v) is 10.1. The number of aryl methyl sites for hydroxylation is 1. The maximum absolute atomic E-state index is 11.2. The Morgan fingerprint density at radius 1 is 1.33 bits per heavy atom. The molecule has 3 nitrogen and oxygen atoms in total. The van der Waals surface area contributed by atoms with Crippen LogP contribution in [0.4, 0.5) is 5.69 Å². The third-order valence-electron chi connectivity index (χ3n) is 2.70. The van der Waals surface area contributed by atoms with E-state index in [4.69, 9.17) is 5.11 Å². The standard InChI is InChI=1S/C15H13NO2/c1-10-6-3-4-9-13(10)16-14-11(2)7-5-8-12(14)15(17)18/h3-9H,2H2,1H3,(H,17,18). The quantitative estimate of drug-likeness (QED) is 0.861. The van der Waals surface area contributed by atoms with Crippen LogP contribution in [-0.2, 0) is 4.79 Å². The van der Waals surface area contributed by atoms with Gasteiger partial charge < -0.3 is 5.11 Å². The van der Waals surface area contributed by atoms with E-state index in [1.807, 2.05) is 31.2 Å². The molecule has 1 aliphatic carbocycles. The average Bonchev–Trinajstić information content (AvgIpc) is 2.34. The molecule has 3 heteroatoms. The predicted octanol–water partition coefficient (Wildman–Crippen LogP) is 3.20. The summed E-state index contributed by atoms with van der Waals surface area (Å²) in [6, 6.07) is 7.58. The minimum Gasteiger partial charge on any atom is -0.478 e. The van der Waals surface area contributed by atoms with Gasteiger partial charge in [-0.15, -0.1) is 0 Å². The van der Waals surface area contributed by atoms with E-state index in [0.29, 0.717) is 11.3 Å². The number of carboxylic acids is 1. The number of carbonyl (C=O) groups is 1. The van der Waals surface area contributed by atoms with Gasteiger partial charge in [0.1, 0.15) is 0 Å². The van der Waals surface area contributed by atoms with Crippen LogP contribution >= 0.6 is 0 Å². The zero-order valence-electron chi connectivity index (χ0n) is 10.1. The molecule has 0 bridgehead atoms. The Morgan fingerprint density at radius 2 is 2.06 bits per heavy atom. The lowest BCUT2D eigenvalue weighted by Crippen LogP contribution is -2.15. The molecule has 1 aromatic carbocycles. The molecule has 0 heterocycles. The fraction of sp³-hybridized carbons (Fsp3) is 0.0667. The largest absolute Gasteiger partial charge is 0.478 e. The van der Waals surface area contributed by atoms with Crippen molar-refractivity contribution < 1.29 is 9.90 Å². The highest BCUT2D eigenvalue weighted by Gasteiger charge is 2.18. The number of hydrogen-bond acceptors (Lipinski definition) is 2. The number of aliphatic carboxylic acids is 1. The van der Waals surface area contributed by atoms with Gasteiger partial charge in [-0.05, 0) is 30.2 Å². The molecule has 1 aliphatic rings. The zero-order chi connectivity index (χ0) is 13.1. The Morgan fingerprint density at radius 3 is 2.72 bits per heavy atom. The molecule has 0 unspecified atom stereocenters. The third-order valence-corrected chi connectivity index (χ3v) is 2.70. The van der Waals surface area contributed by atoms with E-state index in [-0.39, 0.29) is 5.57 Å². The summed E-state index contributed by atoms with van der Waals surface area (Å²) in [5, 5.41) is 9.15. The average molecular weight is 239 g/mol. The van der Waals surface area contributed by atoms with Crippen molar-refractivity contribution in [3.05, 3.63) is 65.8 Å². The maximum Gasteiger partial charge on any atom is 0.337 e. The summed E-state index contributed by atoms with van der Waals surface area (Å²) in [5.74, 6) is -0.993. The summed E-state index contributed by atoms with van der Waals surface area (Å²) in [7, 11) is 0. The van der Waals surface area contributed by atoms with E-state index >= 15 is 0 Å². The normalized spacial score (nSPS) is 16.8. The van der Waals surface area contributed by atoms with Gasteiger partial charge >= 0.3 is 5.97 Å². The molecule has 1 N–H and O–H groups in total. The molecule has 18 heavy (non-hydrogen) atoms. The fourth-order valence-electron chi connectivity index (χ4n) is 1.71. The Kier molecular flexibility index (Phi) is 3.24. The number of allylic oxidation sites excluding steroid dienone is 4. The molecule has 0 radical (unpaired) electrons. The van der Waals surface area contributed by atoms with Crippen molar-refractivity contribution in [1.29, 1.82) is 0 Å². The van der Waals surface area contributed by atoms with Crippen LogP contribution in [0.15, 0.2) is 65.2 Å². The van der Waals surface area contributed by atoms with E-state index in [2.05, 4.69) is 11.6 Å². The van der Waals surface area contributed by atoms with Crippen molar-refractivity contribution in [2.75, 3.05) is 0 Å². The van der Waals surface area contributed by atoms with E-state index in [1.54, 1.807) is 12.2 Å². The second kappa shape index (κ2) is 4.84. The minimum absolute atomic E-state index is 0.172. The molecule has 0 aromatic heterocycles. The predicted molar refractivity (Wildman–Crippen MR) is 72.3 cm³/mol. The number of para-hydroxylation sites is 1. The molecule has 0 fully saturated rings. The van der Waals surface area contributed by atoms with Gasteiger partial charge in [0.2, 0.25) is 0 Å². The van der Waals surface area contributed by atoms with Crippen molar-refractivity contribution >= 4 is 17.4 Å². The summed E-state index contributed by atoms with van der Waals surface area (Å²) >= 11 is 0. The SMILES string of the molecule is C=C1C=CC=C(C(=O)O)C1=Nc1ccccc1C. The van der Waals surface area contributed by atoms with Gasteiger partial charge in [0.05, 0.1) is 17.0 Å². The van der Waals surface area contributed by atoms with Gasteiger partial charge in [0.15, 0.2) is 0 Å². The highest BCUT2D eigenvalue weighted by Crippen LogP contribution is 2.23. The van der Waals surface area contributed by atoms with Crippen molar-refractivity contribution in [3.8, 4) is 0 Å². The third kappa shape index (κ3) is 2.30. The monoisotopic (exact) mass is 239 g/mol. The Balaban J connectivity index is 2.52. The fourth-order valence-corrected chi connectivity index (χ4v) is 1.71. The van der Waals surface area contributed by atoms with Crippen molar-refractivity contribution in [2.45, 2.75) is 6.92 Å². The molecule has 0 saturated carbocycles. The van der Waals surface area contributed by atoms with Crippen LogP contribution < -0.4 is 0 Å². The smallest absolute Gasteiger partial charge is 0.337 e. The van der Waals surface area contributed by atoms with Gasteiger partial charge in [0, 0.05) is 0 Å². The number of aliphatic imine (C=N–C) groups is 1. The van der Waals surface area contributed by atoms with Gasteiger partial charge in [-0.1, -0.05) is 36.9 Å². The maximum atomic E-state index is 11.2. The van der Waals surface area contributed by atoms with Crippen molar-refractivity contribution in [3.63, 3.8) is 0 Å². The van der Waals surface area contributed by atoms with E-state index in [0.717, 1.165) is 11.3 Å². The number of rotatable bonds is 2. The Hall–Kier alpha value is -2.42. The first-order chi connectivity index (χ1) is 8.59. The molecule has 0 spiro atoms. The van der Waals surface area contributed by atoms with Gasteiger partial charge in [0.25, 0.3) is 0 Å². The number of hydrogen-bond donors (Lipinski definition) is 1. The molecular weight excluding hydrogens is 226 g/mol. The highest BCUT2D eigenvalue weighted by atomic mass is 16.4. The van der Waals surface area contributed by atoms with Crippen LogP contribution in [-0.4, -0.2) is 16.8 Å². The van der Waals surface area contributed by atoms with E-state index in [1.165, 1.54) is 6.08 Å². The van der Waals surface area contributed by atoms with Crippen LogP contribution in [0.1, 0.15) is 5.56 Å². The lowest BCUT2D eigenvalue weighted by atomic mass is 9.98. The molecule has 0 aliphatic heterocycles. The summed E-state index contributed by atoms with van der Waals surface area (Å²) < 4.78 is 0. The number of nitrogens with zero attached hydrogens (tertiary/aromatic N) is 1. The lowest BCUT2D eigenvalue weighted by Gasteiger charge is -2.11. The van der Waals surface area contributed by atoms with Gasteiger partial charge in [-0.25, -0.2) is 9.79 Å². The Labute approximate surface area is 105 Å². The number of benzene rings is 1. The van der Waals surface area contributed by atoms with Gasteiger partial charge in [-0.2, -0.15) is 0 Å². The van der Waals surface area contributed by atoms with Crippen LogP contribution in [0.25, 0.3) is 0 Å². The first kappa shape index (κ1) is 12.0. The lowest BCUT2D eigenvalue weighted by molar-refractivity contribution is -0.132. The van der Waals surface area contributed by atoms with Crippen LogP contribution in [0.2, 0.25) is 0 Å². The summed E-state index contributed by atoms with van der Waals surface area (Å²) in [6.45, 7) is 5.77. The summed E-state index contributed by atoms with van der Waals surface area (Å²) in [4.78, 5) is 15.6. The van der Waals surface area contributed by atoms with Crippen LogP contribution in [0.3, 0.4) is 0 Å². The molecule has 90 valence electrons. The molecule has 0 amide bonds. The number of carboxylic acid groups (broad SMARTS) is 1. The minimum atomic E-state index is -0.993. The topological polar surface area (TPSA) is 49.7 Å². The van der Waals surface area contributed by atoms with Crippen LogP contribution in [0.5, 0.6) is 0 Å². The summed E-state index contributed by atoms with van der Waals surface area (Å²) in [6.07, 6.45) is 4.96. The van der Waals surface area contributed by atoms with Crippen molar-refractivity contribution in [2.24, 2.45) is 4.99 Å². The molecule has 0 atom stereocenters. The highest BCUT2D eigenvalue weighted by molar-refractivity contribution is 6.28. The van der Waals surface area contributed by atoms with Gasteiger partial charge in [-0.3, -0.25) is 0 Å². The summed E-state index contributed by atoms with van der Waals surface area (Å²) in [5.41, 5.74) is 2.95. The second-order valence-electron chi connectivity index (χ2n) is 4.02.